The zero-order valence-corrected chi connectivity index (χ0v) is 7.68. The molecule has 0 unspecified atom stereocenters. The van der Waals surface area contributed by atoms with Gasteiger partial charge in [-0.25, -0.2) is 4.31 Å². The lowest BCUT2D eigenvalue weighted by molar-refractivity contribution is 0.0816. The monoisotopic (exact) mass is 173 g/mol. The van der Waals surface area contributed by atoms with Gasteiger partial charge in [0, 0.05) is 12.1 Å². The summed E-state index contributed by atoms with van der Waals surface area (Å²) in [6, 6.07) is 1.33. The lowest BCUT2D eigenvalue weighted by atomic mass is 10.0. The molecule has 3 atom stereocenters. The molecule has 0 saturated carbocycles. The van der Waals surface area contributed by atoms with Crippen LogP contribution in [0.1, 0.15) is 25.7 Å². The largest absolute Gasteiger partial charge is 0.393 e. The lowest BCUT2D eigenvalue weighted by Crippen LogP contribution is -2.40. The maximum Gasteiger partial charge on any atom is 0.0570 e. The summed E-state index contributed by atoms with van der Waals surface area (Å²) in [5, 5.41) is 9.47. The van der Waals surface area contributed by atoms with Crippen LogP contribution in [0, 0.1) is 0 Å². The topological polar surface area (TPSA) is 23.5 Å². The molecular weight excluding hydrogens is 158 g/mol. The molecule has 0 aromatic carbocycles. The van der Waals surface area contributed by atoms with Gasteiger partial charge < -0.3 is 5.11 Å². The van der Waals surface area contributed by atoms with E-state index < -0.39 is 0 Å². The van der Waals surface area contributed by atoms with Crippen LogP contribution in [0.25, 0.3) is 0 Å². The van der Waals surface area contributed by atoms with E-state index in [1.54, 1.807) is 0 Å². The van der Waals surface area contributed by atoms with E-state index in [4.69, 9.17) is 0 Å². The van der Waals surface area contributed by atoms with Crippen LogP contribution in [0.5, 0.6) is 0 Å². The quantitative estimate of drug-likeness (QED) is 0.604. The Kier molecular flexibility index (Phi) is 2.12. The smallest absolute Gasteiger partial charge is 0.0570 e. The third-order valence-electron chi connectivity index (χ3n) is 2.85. The van der Waals surface area contributed by atoms with E-state index in [1.807, 2.05) is 11.9 Å². The molecule has 0 aromatic rings. The van der Waals surface area contributed by atoms with Crippen molar-refractivity contribution in [1.82, 2.24) is 4.31 Å². The molecule has 2 nitrogen and oxygen atoms in total. The zero-order chi connectivity index (χ0) is 7.84. The number of hydrogen-bond donors (Lipinski definition) is 1. The Morgan fingerprint density at radius 1 is 1.27 bits per heavy atom. The van der Waals surface area contributed by atoms with Gasteiger partial charge in [0.2, 0.25) is 0 Å². The van der Waals surface area contributed by atoms with Crippen LogP contribution in [0.2, 0.25) is 0 Å². The second-order valence-electron chi connectivity index (χ2n) is 3.55. The zero-order valence-electron chi connectivity index (χ0n) is 6.86. The van der Waals surface area contributed by atoms with Gasteiger partial charge in [0.25, 0.3) is 0 Å². The van der Waals surface area contributed by atoms with Crippen molar-refractivity contribution in [1.29, 1.82) is 0 Å². The second-order valence-corrected chi connectivity index (χ2v) is 4.34. The Morgan fingerprint density at radius 2 is 1.82 bits per heavy atom. The molecular formula is C8H15NOS. The third kappa shape index (κ3) is 1.30. The fraction of sp³-hybridized carbons (Fsp3) is 1.00. The highest BCUT2D eigenvalue weighted by Gasteiger charge is 2.39. The fourth-order valence-corrected chi connectivity index (χ4v) is 3.38. The number of piperidine rings is 1. The van der Waals surface area contributed by atoms with Crippen LogP contribution < -0.4 is 0 Å². The minimum atomic E-state index is -0.0177. The summed E-state index contributed by atoms with van der Waals surface area (Å²) >= 11 is 1.85. The van der Waals surface area contributed by atoms with Gasteiger partial charge in [-0.05, 0) is 31.9 Å². The average Bonchev–Trinajstić information content (AvgIpc) is 2.23. The molecule has 2 fully saturated rings. The van der Waals surface area contributed by atoms with Gasteiger partial charge in [-0.15, -0.1) is 0 Å². The summed E-state index contributed by atoms with van der Waals surface area (Å²) in [5.74, 6) is 0. The first-order chi connectivity index (χ1) is 5.31. The van der Waals surface area contributed by atoms with E-state index in [0.29, 0.717) is 12.1 Å². The average molecular weight is 173 g/mol. The molecule has 0 amide bonds. The minimum absolute atomic E-state index is 0.0177. The predicted molar refractivity (Wildman–Crippen MR) is 47.4 cm³/mol. The van der Waals surface area contributed by atoms with E-state index in [0.717, 1.165) is 12.8 Å². The van der Waals surface area contributed by atoms with Crippen molar-refractivity contribution >= 4 is 11.9 Å². The van der Waals surface area contributed by atoms with E-state index >= 15 is 0 Å². The lowest BCUT2D eigenvalue weighted by Gasteiger charge is -2.34. The fourth-order valence-electron chi connectivity index (χ4n) is 2.40. The summed E-state index contributed by atoms with van der Waals surface area (Å²) in [4.78, 5) is 0. The van der Waals surface area contributed by atoms with Crippen LogP contribution in [0.4, 0.5) is 0 Å². The molecule has 2 bridgehead atoms. The molecule has 0 spiro atoms. The Bertz CT molecular complexity index is 139. The van der Waals surface area contributed by atoms with Crippen LogP contribution in [0.15, 0.2) is 0 Å². The van der Waals surface area contributed by atoms with Crippen molar-refractivity contribution in [2.45, 2.75) is 43.9 Å². The van der Waals surface area contributed by atoms with E-state index in [-0.39, 0.29) is 6.10 Å². The van der Waals surface area contributed by atoms with Crippen LogP contribution in [0.3, 0.4) is 0 Å². The van der Waals surface area contributed by atoms with E-state index in [9.17, 15) is 5.11 Å². The summed E-state index contributed by atoms with van der Waals surface area (Å²) in [6.07, 6.45) is 6.71. The molecule has 64 valence electrons. The normalized spacial score (nSPS) is 44.7. The second kappa shape index (κ2) is 2.96. The van der Waals surface area contributed by atoms with Crippen LogP contribution >= 0.6 is 11.9 Å². The van der Waals surface area contributed by atoms with Gasteiger partial charge in [0.05, 0.1) is 6.10 Å². The van der Waals surface area contributed by atoms with E-state index in [1.165, 1.54) is 12.8 Å². The highest BCUT2D eigenvalue weighted by molar-refractivity contribution is 7.96. The Balaban J connectivity index is 2.06. The predicted octanol–water partition coefficient (Wildman–Crippen LogP) is 1.25. The van der Waals surface area contributed by atoms with E-state index in [2.05, 4.69) is 10.6 Å². The Hall–Kier alpha value is 0.270. The molecule has 2 saturated heterocycles. The summed E-state index contributed by atoms with van der Waals surface area (Å²) in [5.41, 5.74) is 0. The maximum atomic E-state index is 9.47. The number of nitrogens with zero attached hydrogens (tertiary/aromatic N) is 1. The van der Waals surface area contributed by atoms with Crippen LogP contribution in [-0.4, -0.2) is 33.9 Å². The number of aliphatic hydroxyl groups is 1. The van der Waals surface area contributed by atoms with Gasteiger partial charge in [-0.2, -0.15) is 0 Å². The molecule has 0 aromatic heterocycles. The Morgan fingerprint density at radius 3 is 2.27 bits per heavy atom. The van der Waals surface area contributed by atoms with Crippen molar-refractivity contribution < 1.29 is 5.11 Å². The molecule has 0 radical (unpaired) electrons. The van der Waals surface area contributed by atoms with Gasteiger partial charge in [-0.3, -0.25) is 0 Å². The van der Waals surface area contributed by atoms with Crippen LogP contribution in [-0.2, 0) is 0 Å². The highest BCUT2D eigenvalue weighted by atomic mass is 32.2. The molecule has 1 N–H and O–H groups in total. The first kappa shape index (κ1) is 7.90. The summed E-state index contributed by atoms with van der Waals surface area (Å²) < 4.78 is 2.48. The first-order valence-electron chi connectivity index (χ1n) is 4.31. The minimum Gasteiger partial charge on any atom is -0.393 e. The number of hydrogen-bond acceptors (Lipinski definition) is 3. The van der Waals surface area contributed by atoms with Crippen molar-refractivity contribution in [3.63, 3.8) is 0 Å². The van der Waals surface area contributed by atoms with Gasteiger partial charge in [-0.1, -0.05) is 11.9 Å². The molecule has 2 heterocycles. The molecule has 11 heavy (non-hydrogen) atoms. The van der Waals surface area contributed by atoms with Crippen molar-refractivity contribution in [2.24, 2.45) is 0 Å². The number of fused-ring (bicyclic) bond motifs is 2. The van der Waals surface area contributed by atoms with Gasteiger partial charge >= 0.3 is 0 Å². The number of aliphatic hydroxyl groups excluding tert-OH is 1. The first-order valence-corrected chi connectivity index (χ1v) is 5.50. The van der Waals surface area contributed by atoms with Crippen molar-refractivity contribution in [3.8, 4) is 0 Å². The van der Waals surface area contributed by atoms with Crippen molar-refractivity contribution in [3.05, 3.63) is 0 Å². The maximum absolute atomic E-state index is 9.47. The molecule has 3 heteroatoms. The highest BCUT2D eigenvalue weighted by Crippen LogP contribution is 2.39. The van der Waals surface area contributed by atoms with Crippen molar-refractivity contribution in [2.75, 3.05) is 6.26 Å². The summed E-state index contributed by atoms with van der Waals surface area (Å²) in [6.45, 7) is 0. The number of rotatable bonds is 1. The standard InChI is InChI=1S/C8H15NOS/c1-11-9-6-2-3-7(9)5-8(10)4-6/h6-8,10H,2-5H2,1H3/t6-,7+,8+. The van der Waals surface area contributed by atoms with Gasteiger partial charge in [0.1, 0.15) is 0 Å². The molecule has 2 aliphatic rings. The Labute approximate surface area is 72.1 Å². The summed E-state index contributed by atoms with van der Waals surface area (Å²) in [7, 11) is 0. The third-order valence-corrected chi connectivity index (χ3v) is 3.87. The molecule has 2 rings (SSSR count). The SMILES string of the molecule is CSN1[C@@H]2CC[C@H]1C[C@@H](O)C2. The molecule has 2 aliphatic heterocycles. The molecule has 0 aliphatic carbocycles. The van der Waals surface area contributed by atoms with Gasteiger partial charge in [0.15, 0.2) is 0 Å².